The van der Waals surface area contributed by atoms with Crippen molar-refractivity contribution in [2.24, 2.45) is 0 Å². The molecule has 33 heavy (non-hydrogen) atoms. The number of amides is 1. The lowest BCUT2D eigenvalue weighted by atomic mass is 10.1. The van der Waals surface area contributed by atoms with E-state index in [-0.39, 0.29) is 15.5 Å². The number of anilines is 2. The Balaban J connectivity index is 1.94. The minimum Gasteiger partial charge on any atom is -0.495 e. The molecule has 0 aromatic heterocycles. The molecular weight excluding hydrogens is 487 g/mol. The van der Waals surface area contributed by atoms with Gasteiger partial charge in [0.2, 0.25) is 0 Å². The number of nitrogens with one attached hydrogen (secondary N) is 2. The lowest BCUT2D eigenvalue weighted by molar-refractivity contribution is 0.102. The Morgan fingerprint density at radius 2 is 1.58 bits per heavy atom. The Hall–Kier alpha value is -2.94. The number of aryl methyl sites for hydroxylation is 1. The molecule has 7 nitrogen and oxygen atoms in total. The SMILES string of the molecule is COc1cc(NC(=O)c2ccc(Cl)c(S(=O)(=O)Nc3cccc(C)c3C)c2)c(OC)cc1Cl. The van der Waals surface area contributed by atoms with Gasteiger partial charge >= 0.3 is 0 Å². The lowest BCUT2D eigenvalue weighted by Crippen LogP contribution is -2.17. The van der Waals surface area contributed by atoms with Crippen LogP contribution in [0.2, 0.25) is 10.0 Å². The van der Waals surface area contributed by atoms with Gasteiger partial charge in [0.25, 0.3) is 15.9 Å². The summed E-state index contributed by atoms with van der Waals surface area (Å²) in [4.78, 5) is 12.7. The highest BCUT2D eigenvalue weighted by Gasteiger charge is 2.22. The first-order chi connectivity index (χ1) is 15.6. The van der Waals surface area contributed by atoms with Crippen molar-refractivity contribution >= 4 is 50.5 Å². The number of halogens is 2. The minimum atomic E-state index is -4.07. The molecule has 3 rings (SSSR count). The van der Waals surface area contributed by atoms with Crippen LogP contribution in [0.15, 0.2) is 53.4 Å². The number of hydrogen-bond donors (Lipinski definition) is 2. The van der Waals surface area contributed by atoms with Crippen molar-refractivity contribution in [1.82, 2.24) is 0 Å². The van der Waals surface area contributed by atoms with E-state index in [0.29, 0.717) is 27.9 Å². The van der Waals surface area contributed by atoms with Crippen molar-refractivity contribution in [3.63, 3.8) is 0 Å². The molecule has 0 radical (unpaired) electrons. The van der Waals surface area contributed by atoms with Crippen molar-refractivity contribution < 1.29 is 22.7 Å². The van der Waals surface area contributed by atoms with Gasteiger partial charge < -0.3 is 14.8 Å². The molecule has 0 bridgehead atoms. The summed E-state index contributed by atoms with van der Waals surface area (Å²) in [6.07, 6.45) is 0. The minimum absolute atomic E-state index is 0.0184. The summed E-state index contributed by atoms with van der Waals surface area (Å²) in [6.45, 7) is 3.69. The first-order valence-electron chi connectivity index (χ1n) is 9.69. The van der Waals surface area contributed by atoms with Crippen LogP contribution in [0, 0.1) is 13.8 Å². The van der Waals surface area contributed by atoms with Crippen LogP contribution in [0.5, 0.6) is 11.5 Å². The quantitative estimate of drug-likeness (QED) is 0.428. The van der Waals surface area contributed by atoms with E-state index in [1.807, 2.05) is 19.9 Å². The van der Waals surface area contributed by atoms with Gasteiger partial charge in [-0.2, -0.15) is 0 Å². The van der Waals surface area contributed by atoms with E-state index in [1.165, 1.54) is 44.6 Å². The van der Waals surface area contributed by atoms with E-state index in [2.05, 4.69) is 10.0 Å². The van der Waals surface area contributed by atoms with E-state index in [9.17, 15) is 13.2 Å². The molecule has 0 aliphatic rings. The molecule has 0 unspecified atom stereocenters. The van der Waals surface area contributed by atoms with E-state index < -0.39 is 15.9 Å². The third-order valence-electron chi connectivity index (χ3n) is 5.05. The number of carbonyl (C=O) groups excluding carboxylic acids is 1. The van der Waals surface area contributed by atoms with Gasteiger partial charge in [0.15, 0.2) is 0 Å². The van der Waals surface area contributed by atoms with Gasteiger partial charge in [-0.25, -0.2) is 8.42 Å². The summed E-state index contributed by atoms with van der Waals surface area (Å²) in [5, 5.41) is 2.97. The largest absolute Gasteiger partial charge is 0.495 e. The Bertz CT molecular complexity index is 1330. The van der Waals surface area contributed by atoms with Crippen LogP contribution < -0.4 is 19.5 Å². The second-order valence-corrected chi connectivity index (χ2v) is 9.60. The molecule has 174 valence electrons. The van der Waals surface area contributed by atoms with Crippen LogP contribution >= 0.6 is 23.2 Å². The Morgan fingerprint density at radius 1 is 0.879 bits per heavy atom. The summed E-state index contributed by atoms with van der Waals surface area (Å²) in [6, 6.07) is 12.3. The van der Waals surface area contributed by atoms with Crippen molar-refractivity contribution in [3.05, 3.63) is 75.3 Å². The van der Waals surface area contributed by atoms with E-state index in [1.54, 1.807) is 12.1 Å². The average molecular weight is 509 g/mol. The molecule has 2 N–H and O–H groups in total. The fourth-order valence-corrected chi connectivity index (χ4v) is 4.95. The maximum absolute atomic E-state index is 13.1. The summed E-state index contributed by atoms with van der Waals surface area (Å²) >= 11 is 12.3. The van der Waals surface area contributed by atoms with Crippen molar-refractivity contribution in [3.8, 4) is 11.5 Å². The molecule has 1 amide bonds. The first-order valence-corrected chi connectivity index (χ1v) is 11.9. The van der Waals surface area contributed by atoms with Gasteiger partial charge in [-0.1, -0.05) is 35.3 Å². The van der Waals surface area contributed by atoms with Crippen molar-refractivity contribution in [1.29, 1.82) is 0 Å². The highest BCUT2D eigenvalue weighted by molar-refractivity contribution is 7.92. The van der Waals surface area contributed by atoms with Crippen LogP contribution in [-0.4, -0.2) is 28.5 Å². The second-order valence-electron chi connectivity index (χ2n) is 7.14. The van der Waals surface area contributed by atoms with Gasteiger partial charge in [0.1, 0.15) is 16.4 Å². The summed E-state index contributed by atoms with van der Waals surface area (Å²) in [7, 11) is -1.19. The van der Waals surface area contributed by atoms with Crippen LogP contribution in [0.1, 0.15) is 21.5 Å². The van der Waals surface area contributed by atoms with Crippen molar-refractivity contribution in [2.75, 3.05) is 24.3 Å². The highest BCUT2D eigenvalue weighted by atomic mass is 35.5. The average Bonchev–Trinajstić information content (AvgIpc) is 2.77. The van der Waals surface area contributed by atoms with Crippen LogP contribution in [0.4, 0.5) is 11.4 Å². The normalized spacial score (nSPS) is 11.1. The van der Waals surface area contributed by atoms with Gasteiger partial charge in [-0.15, -0.1) is 0 Å². The number of methoxy groups -OCH3 is 2. The van der Waals surface area contributed by atoms with E-state index in [4.69, 9.17) is 32.7 Å². The van der Waals surface area contributed by atoms with Crippen molar-refractivity contribution in [2.45, 2.75) is 18.7 Å². The summed E-state index contributed by atoms with van der Waals surface area (Å²) in [5.74, 6) is 0.0786. The fourth-order valence-electron chi connectivity index (χ4n) is 3.06. The number of ether oxygens (including phenoxy) is 2. The van der Waals surface area contributed by atoms with E-state index in [0.717, 1.165) is 11.1 Å². The topological polar surface area (TPSA) is 93.7 Å². The Kier molecular flexibility index (Phi) is 7.41. The molecule has 0 saturated carbocycles. The van der Waals surface area contributed by atoms with Gasteiger partial charge in [0, 0.05) is 17.7 Å². The lowest BCUT2D eigenvalue weighted by Gasteiger charge is -2.15. The zero-order valence-corrected chi connectivity index (χ0v) is 20.7. The zero-order valence-electron chi connectivity index (χ0n) is 18.3. The zero-order chi connectivity index (χ0) is 24.3. The third kappa shape index (κ3) is 5.35. The number of rotatable bonds is 7. The van der Waals surface area contributed by atoms with Crippen LogP contribution in [0.25, 0.3) is 0 Å². The standard InChI is InChI=1S/C23H22Cl2N2O5S/c1-13-6-5-7-18(14(13)2)27-33(29,30)22-10-15(8-9-16(22)24)23(28)26-19-12-20(31-3)17(25)11-21(19)32-4/h5-12,27H,1-4H3,(H,26,28). The first kappa shape index (κ1) is 24.7. The molecule has 3 aromatic carbocycles. The molecule has 0 heterocycles. The molecule has 0 aliphatic heterocycles. The Morgan fingerprint density at radius 3 is 2.24 bits per heavy atom. The molecule has 0 fully saturated rings. The third-order valence-corrected chi connectivity index (χ3v) is 7.20. The monoisotopic (exact) mass is 508 g/mol. The van der Waals surface area contributed by atoms with Gasteiger partial charge in [-0.05, 0) is 49.2 Å². The molecular formula is C23H22Cl2N2O5S. The van der Waals surface area contributed by atoms with Crippen LogP contribution in [-0.2, 0) is 10.0 Å². The highest BCUT2D eigenvalue weighted by Crippen LogP contribution is 2.36. The molecule has 0 atom stereocenters. The maximum Gasteiger partial charge on any atom is 0.263 e. The number of sulfonamides is 1. The molecule has 3 aromatic rings. The van der Waals surface area contributed by atoms with E-state index >= 15 is 0 Å². The fraction of sp³-hybridized carbons (Fsp3) is 0.174. The molecule has 0 saturated heterocycles. The molecule has 10 heteroatoms. The molecule has 0 aliphatic carbocycles. The predicted molar refractivity (Wildman–Crippen MR) is 131 cm³/mol. The number of benzene rings is 3. The molecule has 0 spiro atoms. The predicted octanol–water partition coefficient (Wildman–Crippen LogP) is 5.68. The number of hydrogen-bond acceptors (Lipinski definition) is 5. The smallest absolute Gasteiger partial charge is 0.263 e. The second kappa shape index (κ2) is 9.91. The summed E-state index contributed by atoms with van der Waals surface area (Å²) in [5.41, 5.74) is 2.53. The Labute approximate surface area is 202 Å². The summed E-state index contributed by atoms with van der Waals surface area (Å²) < 4.78 is 39.1. The van der Waals surface area contributed by atoms with Crippen LogP contribution in [0.3, 0.4) is 0 Å². The van der Waals surface area contributed by atoms with Gasteiger partial charge in [0.05, 0.1) is 35.6 Å². The number of carbonyl (C=O) groups is 1. The van der Waals surface area contributed by atoms with Gasteiger partial charge in [-0.3, -0.25) is 9.52 Å². The maximum atomic E-state index is 13.1.